The van der Waals surface area contributed by atoms with E-state index in [1.165, 1.54) is 0 Å². The van der Waals surface area contributed by atoms with Crippen LogP contribution in [0, 0.1) is 10.1 Å². The molecule has 0 aliphatic rings. The van der Waals surface area contributed by atoms with Crippen molar-refractivity contribution in [2.24, 2.45) is 0 Å². The Kier molecular flexibility index (Phi) is 4.32. The van der Waals surface area contributed by atoms with Gasteiger partial charge in [0.2, 0.25) is 0 Å². The third-order valence-electron chi connectivity index (χ3n) is 1.91. The first-order valence-corrected chi connectivity index (χ1v) is 4.91. The van der Waals surface area contributed by atoms with Crippen LogP contribution in [0.25, 0.3) is 0 Å². The standard InChI is InChI=1S/C9H11N3O5/c1-2-17-8(13)3-4-11-6-7(12(15)16)5-10-9(11)14/h5-6H,2-4H2,1H3. The third kappa shape index (κ3) is 3.67. The van der Waals surface area contributed by atoms with Crippen LogP contribution in [-0.4, -0.2) is 27.1 Å². The fourth-order valence-corrected chi connectivity index (χ4v) is 1.14. The molecule has 1 aromatic heterocycles. The highest BCUT2D eigenvalue weighted by atomic mass is 16.6. The Balaban J connectivity index is 2.76. The third-order valence-corrected chi connectivity index (χ3v) is 1.91. The van der Waals surface area contributed by atoms with Crippen molar-refractivity contribution in [2.45, 2.75) is 19.9 Å². The molecule has 0 fully saturated rings. The molecule has 0 aliphatic heterocycles. The van der Waals surface area contributed by atoms with Crippen molar-refractivity contribution in [3.63, 3.8) is 0 Å². The lowest BCUT2D eigenvalue weighted by Crippen LogP contribution is -2.24. The van der Waals surface area contributed by atoms with Gasteiger partial charge in [0, 0.05) is 6.54 Å². The highest BCUT2D eigenvalue weighted by Crippen LogP contribution is 2.05. The number of hydrogen-bond donors (Lipinski definition) is 0. The van der Waals surface area contributed by atoms with E-state index < -0.39 is 16.6 Å². The summed E-state index contributed by atoms with van der Waals surface area (Å²) >= 11 is 0. The molecule has 0 aliphatic carbocycles. The minimum atomic E-state index is -0.659. The molecule has 0 amide bonds. The van der Waals surface area contributed by atoms with Gasteiger partial charge in [-0.25, -0.2) is 4.79 Å². The van der Waals surface area contributed by atoms with Crippen LogP contribution < -0.4 is 5.69 Å². The zero-order chi connectivity index (χ0) is 12.8. The molecule has 0 atom stereocenters. The van der Waals surface area contributed by atoms with Gasteiger partial charge in [-0.1, -0.05) is 0 Å². The predicted molar refractivity (Wildman–Crippen MR) is 56.4 cm³/mol. The van der Waals surface area contributed by atoms with Gasteiger partial charge < -0.3 is 4.74 Å². The maximum absolute atomic E-state index is 11.2. The summed E-state index contributed by atoms with van der Waals surface area (Å²) in [4.78, 5) is 35.4. The van der Waals surface area contributed by atoms with Crippen molar-refractivity contribution in [1.29, 1.82) is 0 Å². The minimum absolute atomic E-state index is 0.00630. The monoisotopic (exact) mass is 241 g/mol. The molecule has 0 spiro atoms. The van der Waals surface area contributed by atoms with Crippen molar-refractivity contribution < 1.29 is 14.5 Å². The number of hydrogen-bond acceptors (Lipinski definition) is 6. The van der Waals surface area contributed by atoms with Gasteiger partial charge in [-0.15, -0.1) is 0 Å². The molecule has 17 heavy (non-hydrogen) atoms. The smallest absolute Gasteiger partial charge is 0.347 e. The van der Waals surface area contributed by atoms with Gasteiger partial charge in [0.15, 0.2) is 0 Å². The molecule has 8 nitrogen and oxygen atoms in total. The SMILES string of the molecule is CCOC(=O)CCn1cc([N+](=O)[O-])cnc1=O. The van der Waals surface area contributed by atoms with Crippen LogP contribution in [-0.2, 0) is 16.1 Å². The molecule has 1 aromatic rings. The number of carbonyl (C=O) groups excluding carboxylic acids is 1. The lowest BCUT2D eigenvalue weighted by molar-refractivity contribution is -0.385. The van der Waals surface area contributed by atoms with Crippen molar-refractivity contribution in [3.05, 3.63) is 33.0 Å². The van der Waals surface area contributed by atoms with E-state index in [1.807, 2.05) is 0 Å². The molecule has 8 heteroatoms. The first-order chi connectivity index (χ1) is 8.04. The Bertz CT molecular complexity index is 482. The fourth-order valence-electron chi connectivity index (χ4n) is 1.14. The summed E-state index contributed by atoms with van der Waals surface area (Å²) in [6.07, 6.45) is 1.90. The topological polar surface area (TPSA) is 104 Å². The van der Waals surface area contributed by atoms with Gasteiger partial charge >= 0.3 is 17.3 Å². The van der Waals surface area contributed by atoms with Crippen molar-refractivity contribution >= 4 is 11.7 Å². The maximum atomic E-state index is 11.2. The number of rotatable bonds is 5. The fraction of sp³-hybridized carbons (Fsp3) is 0.444. The van der Waals surface area contributed by atoms with Crippen molar-refractivity contribution in [1.82, 2.24) is 9.55 Å². The minimum Gasteiger partial charge on any atom is -0.466 e. The Morgan fingerprint density at radius 1 is 1.65 bits per heavy atom. The molecular formula is C9H11N3O5. The normalized spacial score (nSPS) is 9.94. The van der Waals surface area contributed by atoms with Crippen LogP contribution in [0.4, 0.5) is 5.69 Å². The summed E-state index contributed by atoms with van der Waals surface area (Å²) < 4.78 is 5.68. The van der Waals surface area contributed by atoms with Gasteiger partial charge in [0.25, 0.3) is 0 Å². The second kappa shape index (κ2) is 5.73. The van der Waals surface area contributed by atoms with E-state index in [0.29, 0.717) is 0 Å². The predicted octanol–water partition coefficient (Wildman–Crippen LogP) is 0.105. The summed E-state index contributed by atoms with van der Waals surface area (Å²) in [7, 11) is 0. The van der Waals surface area contributed by atoms with E-state index in [0.717, 1.165) is 17.0 Å². The summed E-state index contributed by atoms with van der Waals surface area (Å²) in [6, 6.07) is 0. The highest BCUT2D eigenvalue weighted by Gasteiger charge is 2.10. The largest absolute Gasteiger partial charge is 0.466 e. The van der Waals surface area contributed by atoms with Gasteiger partial charge in [-0.3, -0.25) is 19.5 Å². The number of nitrogens with zero attached hydrogens (tertiary/aromatic N) is 3. The van der Waals surface area contributed by atoms with E-state index in [2.05, 4.69) is 9.72 Å². The zero-order valence-corrected chi connectivity index (χ0v) is 9.16. The Morgan fingerprint density at radius 3 is 2.94 bits per heavy atom. The quantitative estimate of drug-likeness (QED) is 0.411. The number of esters is 1. The first kappa shape index (κ1) is 12.8. The van der Waals surface area contributed by atoms with E-state index >= 15 is 0 Å². The molecule has 0 aromatic carbocycles. The van der Waals surface area contributed by atoms with Crippen LogP contribution in [0.15, 0.2) is 17.2 Å². The van der Waals surface area contributed by atoms with Crippen LogP contribution in [0.3, 0.4) is 0 Å². The van der Waals surface area contributed by atoms with Crippen LogP contribution >= 0.6 is 0 Å². The van der Waals surface area contributed by atoms with Crippen LogP contribution in [0.2, 0.25) is 0 Å². The molecule has 0 radical (unpaired) electrons. The lowest BCUT2D eigenvalue weighted by Gasteiger charge is -2.04. The number of ether oxygens (including phenoxy) is 1. The van der Waals surface area contributed by atoms with Crippen molar-refractivity contribution in [3.8, 4) is 0 Å². The molecule has 0 saturated heterocycles. The van der Waals surface area contributed by atoms with Crippen LogP contribution in [0.5, 0.6) is 0 Å². The Morgan fingerprint density at radius 2 is 2.35 bits per heavy atom. The first-order valence-electron chi connectivity index (χ1n) is 4.91. The molecule has 1 rings (SSSR count). The zero-order valence-electron chi connectivity index (χ0n) is 9.16. The molecule has 0 N–H and O–H groups in total. The summed E-state index contributed by atoms with van der Waals surface area (Å²) in [5.41, 5.74) is -0.937. The Labute approximate surface area is 96.0 Å². The molecule has 0 bridgehead atoms. The Hall–Kier alpha value is -2.25. The number of carbonyl (C=O) groups is 1. The molecule has 1 heterocycles. The van der Waals surface area contributed by atoms with E-state index in [9.17, 15) is 19.7 Å². The maximum Gasteiger partial charge on any atom is 0.347 e. The van der Waals surface area contributed by atoms with Crippen LogP contribution in [0.1, 0.15) is 13.3 Å². The number of aromatic nitrogens is 2. The van der Waals surface area contributed by atoms with E-state index in [-0.39, 0.29) is 25.3 Å². The second-order valence-corrected chi connectivity index (χ2v) is 3.10. The lowest BCUT2D eigenvalue weighted by atomic mass is 10.4. The van der Waals surface area contributed by atoms with E-state index in [1.54, 1.807) is 6.92 Å². The number of aryl methyl sites for hydroxylation is 1. The molecular weight excluding hydrogens is 230 g/mol. The van der Waals surface area contributed by atoms with Gasteiger partial charge in [-0.2, -0.15) is 4.98 Å². The molecule has 0 saturated carbocycles. The molecule has 0 unspecified atom stereocenters. The average Bonchev–Trinajstić information content (AvgIpc) is 2.28. The van der Waals surface area contributed by atoms with Gasteiger partial charge in [0.05, 0.1) is 24.1 Å². The summed E-state index contributed by atoms with van der Waals surface area (Å²) in [5, 5.41) is 10.5. The second-order valence-electron chi connectivity index (χ2n) is 3.10. The van der Waals surface area contributed by atoms with Gasteiger partial charge in [0.1, 0.15) is 6.20 Å². The van der Waals surface area contributed by atoms with Crippen molar-refractivity contribution in [2.75, 3.05) is 6.61 Å². The van der Waals surface area contributed by atoms with Gasteiger partial charge in [-0.05, 0) is 6.92 Å². The highest BCUT2D eigenvalue weighted by molar-refractivity contribution is 5.69. The average molecular weight is 241 g/mol. The summed E-state index contributed by atoms with van der Waals surface area (Å²) in [6.45, 7) is 1.92. The van der Waals surface area contributed by atoms with E-state index in [4.69, 9.17) is 0 Å². The number of nitro groups is 1. The molecule has 92 valence electrons. The summed E-state index contributed by atoms with van der Waals surface area (Å²) in [5.74, 6) is -0.467.